The number of rotatable bonds is 4. The predicted molar refractivity (Wildman–Crippen MR) is 97.9 cm³/mol. The van der Waals surface area contributed by atoms with Crippen LogP contribution in [0.2, 0.25) is 0 Å². The highest BCUT2D eigenvalue weighted by Gasteiger charge is 2.27. The van der Waals surface area contributed by atoms with E-state index in [2.05, 4.69) is 5.32 Å². The fourth-order valence-electron chi connectivity index (χ4n) is 2.63. The zero-order chi connectivity index (χ0) is 17.8. The number of nitrogens with one attached hydrogen (secondary N) is 1. The third kappa shape index (κ3) is 3.62. The van der Waals surface area contributed by atoms with Gasteiger partial charge in [0.2, 0.25) is 6.10 Å². The number of anilines is 1. The van der Waals surface area contributed by atoms with Gasteiger partial charge in [-0.2, -0.15) is 0 Å². The van der Waals surface area contributed by atoms with E-state index in [4.69, 9.17) is 14.2 Å². The minimum atomic E-state index is -0.705. The van der Waals surface area contributed by atoms with Crippen LogP contribution in [0, 0.1) is 0 Å². The first-order chi connectivity index (χ1) is 12.8. The first-order valence-electron chi connectivity index (χ1n) is 8.30. The second-order valence-electron chi connectivity index (χ2n) is 5.80. The summed E-state index contributed by atoms with van der Waals surface area (Å²) < 4.78 is 17.1. The molecule has 1 N–H and O–H groups in total. The van der Waals surface area contributed by atoms with Gasteiger partial charge in [-0.05, 0) is 36.4 Å². The molecule has 0 spiro atoms. The summed E-state index contributed by atoms with van der Waals surface area (Å²) in [6, 6.07) is 24.0. The van der Waals surface area contributed by atoms with E-state index in [1.165, 1.54) is 0 Å². The fourth-order valence-corrected chi connectivity index (χ4v) is 2.63. The highest BCUT2D eigenvalue weighted by molar-refractivity contribution is 5.94. The van der Waals surface area contributed by atoms with Crippen LogP contribution in [0.3, 0.4) is 0 Å². The Bertz CT molecular complexity index is 911. The maximum absolute atomic E-state index is 12.5. The largest absolute Gasteiger partial charge is 0.485 e. The topological polar surface area (TPSA) is 56.8 Å². The molecule has 1 heterocycles. The quantitative estimate of drug-likeness (QED) is 0.766. The van der Waals surface area contributed by atoms with E-state index in [9.17, 15) is 4.79 Å². The summed E-state index contributed by atoms with van der Waals surface area (Å²) in [6.45, 7) is 0.170. The van der Waals surface area contributed by atoms with Crippen molar-refractivity contribution < 1.29 is 19.0 Å². The molecule has 0 fully saturated rings. The Kier molecular flexibility index (Phi) is 4.43. The van der Waals surface area contributed by atoms with Crippen molar-refractivity contribution in [3.05, 3.63) is 78.9 Å². The van der Waals surface area contributed by atoms with E-state index in [-0.39, 0.29) is 12.5 Å². The second-order valence-corrected chi connectivity index (χ2v) is 5.80. The van der Waals surface area contributed by atoms with Crippen LogP contribution in [0.4, 0.5) is 5.69 Å². The molecular formula is C21H17NO4. The van der Waals surface area contributed by atoms with Crippen LogP contribution >= 0.6 is 0 Å². The Labute approximate surface area is 151 Å². The van der Waals surface area contributed by atoms with Gasteiger partial charge in [-0.1, -0.05) is 36.4 Å². The summed E-state index contributed by atoms with van der Waals surface area (Å²) in [5.74, 6) is 2.32. The lowest BCUT2D eigenvalue weighted by Gasteiger charge is -2.25. The molecule has 130 valence electrons. The molecule has 0 radical (unpaired) electrons. The van der Waals surface area contributed by atoms with Gasteiger partial charge in [-0.3, -0.25) is 4.79 Å². The van der Waals surface area contributed by atoms with E-state index in [0.717, 1.165) is 5.75 Å². The molecule has 3 aromatic rings. The summed E-state index contributed by atoms with van der Waals surface area (Å²) in [5.41, 5.74) is 0.630. The van der Waals surface area contributed by atoms with E-state index in [1.54, 1.807) is 18.2 Å². The molecule has 3 aromatic carbocycles. The smallest absolute Gasteiger partial charge is 0.269 e. The molecule has 1 atom stereocenters. The van der Waals surface area contributed by atoms with E-state index in [1.807, 2.05) is 60.7 Å². The molecule has 26 heavy (non-hydrogen) atoms. The first-order valence-corrected chi connectivity index (χ1v) is 8.30. The van der Waals surface area contributed by atoms with Gasteiger partial charge in [0.15, 0.2) is 11.5 Å². The van der Waals surface area contributed by atoms with Gasteiger partial charge in [-0.15, -0.1) is 0 Å². The van der Waals surface area contributed by atoms with E-state index < -0.39 is 6.10 Å². The van der Waals surface area contributed by atoms with Crippen molar-refractivity contribution in [2.24, 2.45) is 0 Å². The maximum Gasteiger partial charge on any atom is 0.269 e. The summed E-state index contributed by atoms with van der Waals surface area (Å²) in [4.78, 5) is 12.5. The standard InChI is InChI=1S/C21H17NO4/c23-21(20-14-24-18-11-4-5-12-19(18)26-20)22-15-7-6-10-17(13-15)25-16-8-2-1-3-9-16/h1-13,20H,14H2,(H,22,23)/t20-/m0/s1. The van der Waals surface area contributed by atoms with E-state index in [0.29, 0.717) is 22.9 Å². The van der Waals surface area contributed by atoms with Crippen LogP contribution in [0.1, 0.15) is 0 Å². The summed E-state index contributed by atoms with van der Waals surface area (Å²) >= 11 is 0. The number of carbonyl (C=O) groups is 1. The zero-order valence-electron chi connectivity index (χ0n) is 13.9. The van der Waals surface area contributed by atoms with Crippen molar-refractivity contribution >= 4 is 11.6 Å². The fraction of sp³-hybridized carbons (Fsp3) is 0.0952. The molecule has 1 aliphatic heterocycles. The molecule has 0 aromatic heterocycles. The molecular weight excluding hydrogens is 330 g/mol. The average molecular weight is 347 g/mol. The van der Waals surface area contributed by atoms with Crippen LogP contribution < -0.4 is 19.5 Å². The summed E-state index contributed by atoms with van der Waals surface area (Å²) in [6.07, 6.45) is -0.705. The SMILES string of the molecule is O=C(Nc1cccc(Oc2ccccc2)c1)[C@@H]1COc2ccccc2O1. The number of fused-ring (bicyclic) bond motifs is 1. The minimum Gasteiger partial charge on any atom is -0.485 e. The number of ether oxygens (including phenoxy) is 3. The molecule has 0 saturated carbocycles. The van der Waals surface area contributed by atoms with Crippen LogP contribution in [0.5, 0.6) is 23.0 Å². The van der Waals surface area contributed by atoms with Crippen molar-refractivity contribution in [1.82, 2.24) is 0 Å². The Morgan fingerprint density at radius 3 is 2.46 bits per heavy atom. The van der Waals surface area contributed by atoms with Crippen LogP contribution in [0.25, 0.3) is 0 Å². The number of hydrogen-bond donors (Lipinski definition) is 1. The molecule has 5 heteroatoms. The molecule has 4 rings (SSSR count). The van der Waals surface area contributed by atoms with Gasteiger partial charge in [0.05, 0.1) is 0 Å². The zero-order valence-corrected chi connectivity index (χ0v) is 13.9. The number of benzene rings is 3. The van der Waals surface area contributed by atoms with Crippen molar-refractivity contribution in [2.45, 2.75) is 6.10 Å². The van der Waals surface area contributed by atoms with Gasteiger partial charge in [0, 0.05) is 11.8 Å². The van der Waals surface area contributed by atoms with Crippen LogP contribution in [-0.2, 0) is 4.79 Å². The monoisotopic (exact) mass is 347 g/mol. The Morgan fingerprint density at radius 1 is 0.885 bits per heavy atom. The lowest BCUT2D eigenvalue weighted by atomic mass is 10.2. The van der Waals surface area contributed by atoms with Crippen LogP contribution in [-0.4, -0.2) is 18.6 Å². The lowest BCUT2D eigenvalue weighted by molar-refractivity contribution is -0.125. The molecule has 5 nitrogen and oxygen atoms in total. The normalized spacial score (nSPS) is 15.2. The van der Waals surface area contributed by atoms with Gasteiger partial charge >= 0.3 is 0 Å². The predicted octanol–water partition coefficient (Wildman–Crippen LogP) is 4.26. The van der Waals surface area contributed by atoms with Crippen molar-refractivity contribution in [3.8, 4) is 23.0 Å². The van der Waals surface area contributed by atoms with Crippen molar-refractivity contribution in [2.75, 3.05) is 11.9 Å². The highest BCUT2D eigenvalue weighted by Crippen LogP contribution is 2.31. The highest BCUT2D eigenvalue weighted by atomic mass is 16.6. The third-order valence-electron chi connectivity index (χ3n) is 3.88. The van der Waals surface area contributed by atoms with Gasteiger partial charge in [-0.25, -0.2) is 0 Å². The molecule has 0 bridgehead atoms. The number of para-hydroxylation sites is 3. The Hall–Kier alpha value is -3.47. The minimum absolute atomic E-state index is 0.170. The number of amides is 1. The number of carbonyl (C=O) groups excluding carboxylic acids is 1. The van der Waals surface area contributed by atoms with Crippen molar-refractivity contribution in [1.29, 1.82) is 0 Å². The van der Waals surface area contributed by atoms with Gasteiger partial charge in [0.25, 0.3) is 5.91 Å². The second kappa shape index (κ2) is 7.19. The number of hydrogen-bond acceptors (Lipinski definition) is 4. The summed E-state index contributed by atoms with van der Waals surface area (Å²) in [5, 5.41) is 2.84. The average Bonchev–Trinajstić information content (AvgIpc) is 2.68. The van der Waals surface area contributed by atoms with Crippen LogP contribution in [0.15, 0.2) is 78.9 Å². The molecule has 1 amide bonds. The maximum atomic E-state index is 12.5. The first kappa shape index (κ1) is 16.0. The van der Waals surface area contributed by atoms with Gasteiger partial charge in [0.1, 0.15) is 18.1 Å². The Balaban J connectivity index is 1.43. The molecule has 0 aliphatic carbocycles. The van der Waals surface area contributed by atoms with E-state index >= 15 is 0 Å². The lowest BCUT2D eigenvalue weighted by Crippen LogP contribution is -2.40. The molecule has 0 saturated heterocycles. The molecule has 1 aliphatic rings. The van der Waals surface area contributed by atoms with Crippen molar-refractivity contribution in [3.63, 3.8) is 0 Å². The summed E-state index contributed by atoms with van der Waals surface area (Å²) in [7, 11) is 0. The molecule has 0 unspecified atom stereocenters. The van der Waals surface area contributed by atoms with Gasteiger partial charge < -0.3 is 19.5 Å². The Morgan fingerprint density at radius 2 is 1.62 bits per heavy atom. The third-order valence-corrected chi connectivity index (χ3v) is 3.88.